The minimum absolute atomic E-state index is 0.313. The van der Waals surface area contributed by atoms with Gasteiger partial charge in [-0.1, -0.05) is 0 Å². The Bertz CT molecular complexity index is 485. The average Bonchev–Trinajstić information content (AvgIpc) is 2.92. The van der Waals surface area contributed by atoms with Crippen molar-refractivity contribution < 1.29 is 5.11 Å². The number of hydrogen-bond acceptors (Lipinski definition) is 5. The molecule has 0 bridgehead atoms. The molecule has 1 unspecified atom stereocenters. The number of piperidine rings is 1. The van der Waals surface area contributed by atoms with E-state index in [-0.39, 0.29) is 0 Å². The van der Waals surface area contributed by atoms with Crippen LogP contribution in [0.4, 0.5) is 0 Å². The molecule has 2 aliphatic heterocycles. The fraction of sp³-hybridized carbons (Fsp3) is 0.688. The summed E-state index contributed by atoms with van der Waals surface area (Å²) in [5.74, 6) is 0.313. The molecule has 1 atom stereocenters. The van der Waals surface area contributed by atoms with E-state index in [1.807, 2.05) is 13.0 Å². The second-order valence-electron chi connectivity index (χ2n) is 6.47. The van der Waals surface area contributed by atoms with E-state index < -0.39 is 0 Å². The average molecular weight is 290 g/mol. The van der Waals surface area contributed by atoms with Gasteiger partial charge in [0.15, 0.2) is 0 Å². The SMILES string of the molecule is Cc1ccc(O)c(CN2CCC(N3CCC(N)CC3)C2)n1. The third-order valence-corrected chi connectivity index (χ3v) is 4.80. The second-order valence-corrected chi connectivity index (χ2v) is 6.47. The van der Waals surface area contributed by atoms with Crippen molar-refractivity contribution in [3.8, 4) is 5.75 Å². The Morgan fingerprint density at radius 1 is 1.24 bits per heavy atom. The smallest absolute Gasteiger partial charge is 0.138 e. The Morgan fingerprint density at radius 2 is 2.00 bits per heavy atom. The molecule has 2 saturated heterocycles. The number of rotatable bonds is 3. The van der Waals surface area contributed by atoms with Crippen LogP contribution in [0.25, 0.3) is 0 Å². The van der Waals surface area contributed by atoms with Gasteiger partial charge in [0.1, 0.15) is 5.75 Å². The van der Waals surface area contributed by atoms with Crippen molar-refractivity contribution in [2.45, 2.75) is 44.8 Å². The highest BCUT2D eigenvalue weighted by atomic mass is 16.3. The maximum Gasteiger partial charge on any atom is 0.138 e. The Balaban J connectivity index is 1.56. The normalized spacial score (nSPS) is 25.5. The summed E-state index contributed by atoms with van der Waals surface area (Å²) < 4.78 is 0. The number of aromatic nitrogens is 1. The van der Waals surface area contributed by atoms with Crippen LogP contribution in [-0.2, 0) is 6.54 Å². The predicted octanol–water partition coefficient (Wildman–Crippen LogP) is 1.09. The highest BCUT2D eigenvalue weighted by molar-refractivity contribution is 5.27. The molecule has 3 rings (SSSR count). The van der Waals surface area contributed by atoms with Gasteiger partial charge in [-0.15, -0.1) is 0 Å². The molecule has 0 saturated carbocycles. The quantitative estimate of drug-likeness (QED) is 0.872. The molecule has 3 N–H and O–H groups in total. The van der Waals surface area contributed by atoms with Crippen molar-refractivity contribution >= 4 is 0 Å². The lowest BCUT2D eigenvalue weighted by atomic mass is 10.0. The van der Waals surface area contributed by atoms with Crippen LogP contribution in [0.2, 0.25) is 0 Å². The van der Waals surface area contributed by atoms with Crippen LogP contribution in [0, 0.1) is 6.92 Å². The number of aromatic hydroxyl groups is 1. The van der Waals surface area contributed by atoms with Crippen molar-refractivity contribution in [2.24, 2.45) is 5.73 Å². The number of nitrogens with two attached hydrogens (primary N) is 1. The van der Waals surface area contributed by atoms with Crippen LogP contribution in [0.5, 0.6) is 5.75 Å². The van der Waals surface area contributed by atoms with Gasteiger partial charge in [-0.05, 0) is 51.4 Å². The first-order chi connectivity index (χ1) is 10.1. The Labute approximate surface area is 126 Å². The Morgan fingerprint density at radius 3 is 2.76 bits per heavy atom. The van der Waals surface area contributed by atoms with Gasteiger partial charge in [0.2, 0.25) is 0 Å². The lowest BCUT2D eigenvalue weighted by molar-refractivity contribution is 0.151. The van der Waals surface area contributed by atoms with Gasteiger partial charge >= 0.3 is 0 Å². The summed E-state index contributed by atoms with van der Waals surface area (Å²) in [7, 11) is 0. The van der Waals surface area contributed by atoms with E-state index in [1.165, 1.54) is 6.42 Å². The molecular formula is C16H26N4O. The standard InChI is InChI=1S/C16H26N4O/c1-12-2-3-16(21)15(18-12)11-19-7-6-14(10-19)20-8-4-13(17)5-9-20/h2-3,13-14,21H,4-11,17H2,1H3. The summed E-state index contributed by atoms with van der Waals surface area (Å²) in [5, 5.41) is 9.93. The van der Waals surface area contributed by atoms with Crippen molar-refractivity contribution in [1.82, 2.24) is 14.8 Å². The van der Waals surface area contributed by atoms with Crippen LogP contribution in [0.3, 0.4) is 0 Å². The summed E-state index contributed by atoms with van der Waals surface area (Å²) in [6.45, 7) is 7.14. The molecule has 0 aliphatic carbocycles. The fourth-order valence-corrected chi connectivity index (χ4v) is 3.47. The molecule has 0 amide bonds. The largest absolute Gasteiger partial charge is 0.506 e. The summed E-state index contributed by atoms with van der Waals surface area (Å²) >= 11 is 0. The molecular weight excluding hydrogens is 264 g/mol. The number of aryl methyl sites for hydroxylation is 1. The Kier molecular flexibility index (Phi) is 4.42. The molecule has 21 heavy (non-hydrogen) atoms. The van der Waals surface area contributed by atoms with E-state index in [0.29, 0.717) is 17.8 Å². The molecule has 0 spiro atoms. The minimum Gasteiger partial charge on any atom is -0.506 e. The molecule has 5 nitrogen and oxygen atoms in total. The van der Waals surface area contributed by atoms with Gasteiger partial charge in [0, 0.05) is 37.4 Å². The van der Waals surface area contributed by atoms with Crippen LogP contribution < -0.4 is 5.73 Å². The summed E-state index contributed by atoms with van der Waals surface area (Å²) in [5.41, 5.74) is 7.75. The molecule has 0 aromatic carbocycles. The van der Waals surface area contributed by atoms with Crippen LogP contribution >= 0.6 is 0 Å². The van der Waals surface area contributed by atoms with E-state index >= 15 is 0 Å². The minimum atomic E-state index is 0.313. The number of likely N-dealkylation sites (tertiary alicyclic amines) is 2. The number of nitrogens with zero attached hydrogens (tertiary/aromatic N) is 3. The molecule has 116 valence electrons. The number of hydrogen-bond donors (Lipinski definition) is 2. The van der Waals surface area contributed by atoms with Crippen molar-refractivity contribution in [3.63, 3.8) is 0 Å². The van der Waals surface area contributed by atoms with E-state index in [4.69, 9.17) is 5.73 Å². The molecule has 1 aromatic rings. The van der Waals surface area contributed by atoms with Crippen LogP contribution in [0.1, 0.15) is 30.7 Å². The molecule has 0 radical (unpaired) electrons. The van der Waals surface area contributed by atoms with Gasteiger partial charge in [0.25, 0.3) is 0 Å². The van der Waals surface area contributed by atoms with Gasteiger partial charge < -0.3 is 10.8 Å². The Hall–Kier alpha value is -1.17. The fourth-order valence-electron chi connectivity index (χ4n) is 3.47. The van der Waals surface area contributed by atoms with Gasteiger partial charge in [-0.3, -0.25) is 14.8 Å². The van der Waals surface area contributed by atoms with Gasteiger partial charge in [-0.2, -0.15) is 0 Å². The van der Waals surface area contributed by atoms with E-state index in [0.717, 1.165) is 57.0 Å². The molecule has 2 fully saturated rings. The third kappa shape index (κ3) is 3.54. The maximum absolute atomic E-state index is 9.93. The first-order valence-corrected chi connectivity index (χ1v) is 7.99. The second kappa shape index (κ2) is 6.30. The van der Waals surface area contributed by atoms with Crippen molar-refractivity contribution in [3.05, 3.63) is 23.5 Å². The van der Waals surface area contributed by atoms with Crippen molar-refractivity contribution in [1.29, 1.82) is 0 Å². The monoisotopic (exact) mass is 290 g/mol. The zero-order chi connectivity index (χ0) is 14.8. The molecule has 1 aromatic heterocycles. The van der Waals surface area contributed by atoms with Crippen molar-refractivity contribution in [2.75, 3.05) is 26.2 Å². The first kappa shape index (κ1) is 14.8. The summed E-state index contributed by atoms with van der Waals surface area (Å²) in [6.07, 6.45) is 3.45. The summed E-state index contributed by atoms with van der Waals surface area (Å²) in [4.78, 5) is 9.46. The molecule has 2 aliphatic rings. The number of pyridine rings is 1. The molecule has 3 heterocycles. The highest BCUT2D eigenvalue weighted by Crippen LogP contribution is 2.23. The zero-order valence-electron chi connectivity index (χ0n) is 12.8. The lowest BCUT2D eigenvalue weighted by Crippen LogP contribution is -2.46. The first-order valence-electron chi connectivity index (χ1n) is 7.99. The van der Waals surface area contributed by atoms with Gasteiger partial charge in [0.05, 0.1) is 5.69 Å². The van der Waals surface area contributed by atoms with E-state index in [9.17, 15) is 5.11 Å². The predicted molar refractivity (Wildman–Crippen MR) is 83.1 cm³/mol. The van der Waals surface area contributed by atoms with Crippen LogP contribution in [-0.4, -0.2) is 58.2 Å². The van der Waals surface area contributed by atoms with Crippen LogP contribution in [0.15, 0.2) is 12.1 Å². The van der Waals surface area contributed by atoms with Gasteiger partial charge in [-0.25, -0.2) is 0 Å². The van der Waals surface area contributed by atoms with E-state index in [1.54, 1.807) is 6.07 Å². The maximum atomic E-state index is 9.93. The zero-order valence-corrected chi connectivity index (χ0v) is 12.8. The lowest BCUT2D eigenvalue weighted by Gasteiger charge is -2.34. The third-order valence-electron chi connectivity index (χ3n) is 4.80. The topological polar surface area (TPSA) is 65.6 Å². The molecule has 5 heteroatoms. The van der Waals surface area contributed by atoms with E-state index in [2.05, 4.69) is 14.8 Å². The summed E-state index contributed by atoms with van der Waals surface area (Å²) in [6, 6.07) is 4.64. The highest BCUT2D eigenvalue weighted by Gasteiger charge is 2.30.